The molecule has 2 aliphatic rings. The van der Waals surface area contributed by atoms with E-state index in [0.717, 1.165) is 28.9 Å². The number of rotatable bonds is 4. The average Bonchev–Trinajstić information content (AvgIpc) is 3.02. The van der Waals surface area contributed by atoms with E-state index in [-0.39, 0.29) is 12.5 Å². The van der Waals surface area contributed by atoms with Crippen LogP contribution in [0.5, 0.6) is 0 Å². The van der Waals surface area contributed by atoms with Crippen molar-refractivity contribution in [1.29, 1.82) is 0 Å². The Morgan fingerprint density at radius 1 is 1.00 bits per heavy atom. The second kappa shape index (κ2) is 8.17. The third-order valence-corrected chi connectivity index (χ3v) is 6.68. The van der Waals surface area contributed by atoms with Gasteiger partial charge >= 0.3 is 6.03 Å². The first kappa shape index (κ1) is 21.1. The topological polar surface area (TPSA) is 69.7 Å². The Morgan fingerprint density at radius 3 is 2.32 bits per heavy atom. The summed E-state index contributed by atoms with van der Waals surface area (Å²) in [6.45, 7) is 7.27. The van der Waals surface area contributed by atoms with Gasteiger partial charge in [-0.2, -0.15) is 0 Å². The highest BCUT2D eigenvalue weighted by atomic mass is 16.2. The van der Waals surface area contributed by atoms with Gasteiger partial charge in [-0.25, -0.2) is 4.79 Å². The van der Waals surface area contributed by atoms with E-state index in [9.17, 15) is 14.4 Å². The molecule has 0 bridgehead atoms. The number of hydrogen-bond acceptors (Lipinski definition) is 3. The van der Waals surface area contributed by atoms with Crippen molar-refractivity contribution in [3.05, 3.63) is 70.8 Å². The number of nitrogens with zero attached hydrogens (tertiary/aromatic N) is 2. The standard InChI is InChI=1S/C25H29N3O3/c1-17-11-13-27(14-12-17)22(29)16-28-23(30)25(26-24(28)31,20-7-5-4-6-8-20)21-10-9-18(2)19(3)15-21/h4-10,15,17H,11-14,16H2,1-3H3,(H,26,31)/t25-/m0/s1. The molecule has 6 nitrogen and oxygen atoms in total. The number of piperidine rings is 1. The van der Waals surface area contributed by atoms with Crippen LogP contribution in [0.15, 0.2) is 48.5 Å². The highest BCUT2D eigenvalue weighted by Crippen LogP contribution is 2.37. The summed E-state index contributed by atoms with van der Waals surface area (Å²) in [4.78, 5) is 42.5. The Balaban J connectivity index is 1.69. The molecule has 2 saturated heterocycles. The molecule has 2 fully saturated rings. The van der Waals surface area contributed by atoms with Crippen LogP contribution in [0.2, 0.25) is 0 Å². The van der Waals surface area contributed by atoms with Crippen LogP contribution in [0.25, 0.3) is 0 Å². The first-order valence-corrected chi connectivity index (χ1v) is 10.9. The number of carbonyl (C=O) groups is 3. The molecule has 0 aliphatic carbocycles. The predicted octanol–water partition coefficient (Wildman–Crippen LogP) is 3.36. The fraction of sp³-hybridized carbons (Fsp3) is 0.400. The Labute approximate surface area is 183 Å². The Kier molecular flexibility index (Phi) is 5.56. The summed E-state index contributed by atoms with van der Waals surface area (Å²) in [6.07, 6.45) is 1.89. The van der Waals surface area contributed by atoms with Gasteiger partial charge in [-0.15, -0.1) is 0 Å². The van der Waals surface area contributed by atoms with Crippen LogP contribution in [0.3, 0.4) is 0 Å². The highest BCUT2D eigenvalue weighted by molar-refractivity contribution is 6.11. The number of imide groups is 1. The maximum absolute atomic E-state index is 13.8. The molecular formula is C25H29N3O3. The molecule has 2 aromatic carbocycles. The molecule has 2 aromatic rings. The molecule has 0 spiro atoms. The number of urea groups is 1. The minimum Gasteiger partial charge on any atom is -0.341 e. The van der Waals surface area contributed by atoms with Gasteiger partial charge in [0.05, 0.1) is 0 Å². The van der Waals surface area contributed by atoms with Gasteiger partial charge in [0.2, 0.25) is 5.91 Å². The number of benzene rings is 2. The lowest BCUT2D eigenvalue weighted by Crippen LogP contribution is -2.47. The lowest BCUT2D eigenvalue weighted by atomic mass is 9.81. The summed E-state index contributed by atoms with van der Waals surface area (Å²) in [5.41, 5.74) is 2.18. The van der Waals surface area contributed by atoms with Crippen LogP contribution in [-0.2, 0) is 15.1 Å². The molecule has 162 valence electrons. The fourth-order valence-corrected chi connectivity index (χ4v) is 4.43. The molecule has 6 heteroatoms. The van der Waals surface area contributed by atoms with Crippen molar-refractivity contribution in [2.24, 2.45) is 5.92 Å². The van der Waals surface area contributed by atoms with E-state index in [1.165, 1.54) is 0 Å². The summed E-state index contributed by atoms with van der Waals surface area (Å²) in [5.74, 6) is 0.00121. The van der Waals surface area contributed by atoms with Gasteiger partial charge in [0.25, 0.3) is 5.91 Å². The third-order valence-electron chi connectivity index (χ3n) is 6.68. The third kappa shape index (κ3) is 3.71. The van der Waals surface area contributed by atoms with Crippen LogP contribution in [0, 0.1) is 19.8 Å². The number of hydrogen-bond donors (Lipinski definition) is 1. The number of likely N-dealkylation sites (tertiary alicyclic amines) is 1. The number of aryl methyl sites for hydroxylation is 2. The quantitative estimate of drug-likeness (QED) is 0.773. The maximum atomic E-state index is 13.8. The summed E-state index contributed by atoms with van der Waals surface area (Å²) >= 11 is 0. The molecule has 2 heterocycles. The van der Waals surface area contributed by atoms with Crippen LogP contribution >= 0.6 is 0 Å². The van der Waals surface area contributed by atoms with E-state index in [2.05, 4.69) is 12.2 Å². The van der Waals surface area contributed by atoms with Crippen molar-refractivity contribution in [3.63, 3.8) is 0 Å². The van der Waals surface area contributed by atoms with Crippen molar-refractivity contribution in [2.75, 3.05) is 19.6 Å². The lowest BCUT2D eigenvalue weighted by molar-refractivity contribution is -0.139. The van der Waals surface area contributed by atoms with Gasteiger partial charge in [0.1, 0.15) is 6.54 Å². The summed E-state index contributed by atoms with van der Waals surface area (Å²) in [5, 5.41) is 2.93. The van der Waals surface area contributed by atoms with Crippen molar-refractivity contribution < 1.29 is 14.4 Å². The van der Waals surface area contributed by atoms with Gasteiger partial charge in [0.15, 0.2) is 5.54 Å². The average molecular weight is 420 g/mol. The molecule has 1 atom stereocenters. The second-order valence-corrected chi connectivity index (χ2v) is 8.80. The Bertz CT molecular complexity index is 1010. The van der Waals surface area contributed by atoms with Gasteiger partial charge in [-0.1, -0.05) is 55.5 Å². The molecule has 0 saturated carbocycles. The number of amides is 4. The van der Waals surface area contributed by atoms with E-state index in [1.54, 1.807) is 4.90 Å². The molecule has 31 heavy (non-hydrogen) atoms. The molecule has 0 aromatic heterocycles. The van der Waals surface area contributed by atoms with Crippen molar-refractivity contribution in [3.8, 4) is 0 Å². The summed E-state index contributed by atoms with van der Waals surface area (Å²) in [6, 6.07) is 14.5. The van der Waals surface area contributed by atoms with E-state index >= 15 is 0 Å². The van der Waals surface area contributed by atoms with Crippen LogP contribution in [0.1, 0.15) is 42.0 Å². The zero-order chi connectivity index (χ0) is 22.2. The molecule has 1 N–H and O–H groups in total. The Morgan fingerprint density at radius 2 is 1.68 bits per heavy atom. The lowest BCUT2D eigenvalue weighted by Gasteiger charge is -2.31. The van der Waals surface area contributed by atoms with Crippen molar-refractivity contribution in [1.82, 2.24) is 15.1 Å². The summed E-state index contributed by atoms with van der Waals surface area (Å²) in [7, 11) is 0. The smallest absolute Gasteiger partial charge is 0.326 e. The number of nitrogens with one attached hydrogen (secondary N) is 1. The monoisotopic (exact) mass is 419 g/mol. The number of carbonyl (C=O) groups excluding carboxylic acids is 3. The Hall–Kier alpha value is -3.15. The van der Waals surface area contributed by atoms with E-state index < -0.39 is 17.5 Å². The van der Waals surface area contributed by atoms with Crippen molar-refractivity contribution in [2.45, 2.75) is 39.2 Å². The van der Waals surface area contributed by atoms with Crippen LogP contribution in [0.4, 0.5) is 4.79 Å². The first-order chi connectivity index (χ1) is 14.8. The SMILES string of the molecule is Cc1ccc([C@]2(c3ccccc3)NC(=O)N(CC(=O)N3CCC(C)CC3)C2=O)cc1C. The maximum Gasteiger partial charge on any atom is 0.326 e. The van der Waals surface area contributed by atoms with Crippen molar-refractivity contribution >= 4 is 17.8 Å². The molecule has 2 aliphatic heterocycles. The first-order valence-electron chi connectivity index (χ1n) is 10.9. The van der Waals surface area contributed by atoms with Crippen LogP contribution in [-0.4, -0.2) is 47.3 Å². The highest BCUT2D eigenvalue weighted by Gasteiger charge is 2.54. The van der Waals surface area contributed by atoms with Gasteiger partial charge in [0, 0.05) is 13.1 Å². The van der Waals surface area contributed by atoms with E-state index in [0.29, 0.717) is 30.1 Å². The molecule has 4 rings (SSSR count). The zero-order valence-corrected chi connectivity index (χ0v) is 18.4. The van der Waals surface area contributed by atoms with E-state index in [1.807, 2.05) is 62.4 Å². The second-order valence-electron chi connectivity index (χ2n) is 8.80. The van der Waals surface area contributed by atoms with Crippen LogP contribution < -0.4 is 5.32 Å². The fourth-order valence-electron chi connectivity index (χ4n) is 4.43. The van der Waals surface area contributed by atoms with Gasteiger partial charge < -0.3 is 10.2 Å². The predicted molar refractivity (Wildman–Crippen MR) is 118 cm³/mol. The minimum atomic E-state index is -1.34. The summed E-state index contributed by atoms with van der Waals surface area (Å²) < 4.78 is 0. The molecular weight excluding hydrogens is 390 g/mol. The molecule has 4 amide bonds. The van der Waals surface area contributed by atoms with Gasteiger partial charge in [-0.3, -0.25) is 14.5 Å². The largest absolute Gasteiger partial charge is 0.341 e. The molecule has 0 radical (unpaired) electrons. The van der Waals surface area contributed by atoms with Gasteiger partial charge in [-0.05, 0) is 54.9 Å². The van der Waals surface area contributed by atoms with E-state index in [4.69, 9.17) is 0 Å². The minimum absolute atomic E-state index is 0.181. The zero-order valence-electron chi connectivity index (χ0n) is 18.4. The normalized spacial score (nSPS) is 22.0. The molecule has 0 unspecified atom stereocenters.